The van der Waals surface area contributed by atoms with Crippen LogP contribution >= 0.6 is 11.6 Å². The Morgan fingerprint density at radius 2 is 2.17 bits per heavy atom. The molecule has 23 heavy (non-hydrogen) atoms. The van der Waals surface area contributed by atoms with Crippen LogP contribution in [0.2, 0.25) is 5.02 Å². The first-order valence-corrected chi connectivity index (χ1v) is 8.08. The Balaban J connectivity index is 1.97. The van der Waals surface area contributed by atoms with Crippen LogP contribution in [-0.2, 0) is 0 Å². The average molecular weight is 332 g/mol. The Kier molecular flexibility index (Phi) is 3.23. The first-order valence-electron chi connectivity index (χ1n) is 7.70. The molecular formula is C16H18ClN5O. The zero-order chi connectivity index (χ0) is 16.1. The molecule has 6 nitrogen and oxygen atoms in total. The Hall–Kier alpha value is -2.21. The lowest BCUT2D eigenvalue weighted by atomic mass is 10.1. The molecule has 0 saturated heterocycles. The summed E-state index contributed by atoms with van der Waals surface area (Å²) in [5.41, 5.74) is 2.62. The van der Waals surface area contributed by atoms with Gasteiger partial charge in [-0.3, -0.25) is 4.79 Å². The van der Waals surface area contributed by atoms with Gasteiger partial charge in [-0.15, -0.1) is 5.10 Å². The number of carbonyl (C=O) groups excluding carboxylic acids is 1. The lowest BCUT2D eigenvalue weighted by Gasteiger charge is -2.23. The van der Waals surface area contributed by atoms with Gasteiger partial charge in [0, 0.05) is 14.1 Å². The molecule has 1 aromatic carbocycles. The minimum atomic E-state index is -0.117. The van der Waals surface area contributed by atoms with Crippen LogP contribution in [0.15, 0.2) is 18.2 Å². The van der Waals surface area contributed by atoms with Gasteiger partial charge < -0.3 is 15.5 Å². The molecule has 0 radical (unpaired) electrons. The highest BCUT2D eigenvalue weighted by Gasteiger charge is 2.33. The number of amides is 1. The predicted octanol–water partition coefficient (Wildman–Crippen LogP) is 2.58. The Morgan fingerprint density at radius 1 is 1.39 bits per heavy atom. The minimum absolute atomic E-state index is 0.117. The molecule has 1 aromatic heterocycles. The van der Waals surface area contributed by atoms with Gasteiger partial charge in [-0.25, -0.2) is 4.68 Å². The fraction of sp³-hybridized carbons (Fsp3) is 0.375. The van der Waals surface area contributed by atoms with Crippen LogP contribution in [0.3, 0.4) is 0 Å². The zero-order valence-electron chi connectivity index (χ0n) is 13.1. The number of hydrogen-bond donors (Lipinski definition) is 2. The van der Waals surface area contributed by atoms with E-state index in [9.17, 15) is 4.79 Å². The van der Waals surface area contributed by atoms with Gasteiger partial charge in [-0.05, 0) is 30.4 Å². The number of aromatic nitrogens is 2. The van der Waals surface area contributed by atoms with Crippen LogP contribution < -0.4 is 15.5 Å². The lowest BCUT2D eigenvalue weighted by molar-refractivity contribution is 0.0949. The van der Waals surface area contributed by atoms with Crippen molar-refractivity contribution >= 4 is 29.1 Å². The normalized spacial score (nSPS) is 17.0. The van der Waals surface area contributed by atoms with Gasteiger partial charge in [-0.1, -0.05) is 23.7 Å². The van der Waals surface area contributed by atoms with E-state index in [1.807, 2.05) is 24.1 Å². The lowest BCUT2D eigenvalue weighted by Crippen LogP contribution is -2.41. The number of nitrogens with zero attached hydrogens (tertiary/aromatic N) is 3. The van der Waals surface area contributed by atoms with E-state index in [0.29, 0.717) is 34.8 Å². The third kappa shape index (κ3) is 2.16. The molecule has 2 N–H and O–H groups in total. The number of nitrogens with one attached hydrogen (secondary N) is 2. The van der Waals surface area contributed by atoms with Crippen molar-refractivity contribution in [1.29, 1.82) is 0 Å². The standard InChI is InChI=1S/C16H18ClN5O/c1-18-14-12-15(21(2)8-19-16(12)23)20-22(14)13-10(9-6-7-9)4-3-5-11(13)17/h3-5,9,18H,6-8H2,1-2H3,(H,19,23). The van der Waals surface area contributed by atoms with Crippen LogP contribution in [0.1, 0.15) is 34.7 Å². The molecule has 1 saturated carbocycles. The van der Waals surface area contributed by atoms with Crippen molar-refractivity contribution in [2.75, 3.05) is 31.0 Å². The fourth-order valence-electron chi connectivity index (χ4n) is 3.11. The van der Waals surface area contributed by atoms with E-state index >= 15 is 0 Å². The smallest absolute Gasteiger partial charge is 0.260 e. The van der Waals surface area contributed by atoms with E-state index in [1.165, 1.54) is 18.4 Å². The summed E-state index contributed by atoms with van der Waals surface area (Å²) in [6.45, 7) is 0.448. The summed E-state index contributed by atoms with van der Waals surface area (Å²) in [6, 6.07) is 5.94. The van der Waals surface area contributed by atoms with Crippen molar-refractivity contribution in [2.24, 2.45) is 0 Å². The topological polar surface area (TPSA) is 62.2 Å². The molecular weight excluding hydrogens is 314 g/mol. The van der Waals surface area contributed by atoms with Crippen LogP contribution in [0.5, 0.6) is 0 Å². The van der Waals surface area contributed by atoms with Gasteiger partial charge in [0.15, 0.2) is 5.82 Å². The summed E-state index contributed by atoms with van der Waals surface area (Å²) < 4.78 is 1.78. The van der Waals surface area contributed by atoms with E-state index in [0.717, 1.165) is 5.69 Å². The first-order chi connectivity index (χ1) is 11.1. The van der Waals surface area contributed by atoms with Gasteiger partial charge in [0.25, 0.3) is 5.91 Å². The van der Waals surface area contributed by atoms with Crippen molar-refractivity contribution in [3.8, 4) is 5.69 Å². The number of fused-ring (bicyclic) bond motifs is 1. The van der Waals surface area contributed by atoms with Crippen LogP contribution in [0, 0.1) is 0 Å². The van der Waals surface area contributed by atoms with E-state index in [4.69, 9.17) is 11.6 Å². The first kappa shape index (κ1) is 14.4. The second kappa shape index (κ2) is 5.16. The van der Waals surface area contributed by atoms with E-state index < -0.39 is 0 Å². The molecule has 0 unspecified atom stereocenters. The van der Waals surface area contributed by atoms with Crippen molar-refractivity contribution in [2.45, 2.75) is 18.8 Å². The Morgan fingerprint density at radius 3 is 2.87 bits per heavy atom. The average Bonchev–Trinajstić information content (AvgIpc) is 3.31. The largest absolute Gasteiger partial charge is 0.372 e. The summed E-state index contributed by atoms with van der Waals surface area (Å²) in [5, 5.41) is 11.3. The molecule has 2 heterocycles. The molecule has 2 aromatic rings. The number of para-hydroxylation sites is 1. The monoisotopic (exact) mass is 331 g/mol. The molecule has 1 aliphatic heterocycles. The maximum Gasteiger partial charge on any atom is 0.260 e. The molecule has 0 spiro atoms. The van der Waals surface area contributed by atoms with Gasteiger partial charge in [0.05, 0.1) is 17.4 Å². The highest BCUT2D eigenvalue weighted by molar-refractivity contribution is 6.32. The molecule has 1 amide bonds. The fourth-order valence-corrected chi connectivity index (χ4v) is 3.37. The summed E-state index contributed by atoms with van der Waals surface area (Å²) in [6.07, 6.45) is 2.34. The molecule has 0 bridgehead atoms. The number of rotatable bonds is 3. The minimum Gasteiger partial charge on any atom is -0.372 e. The molecule has 120 valence electrons. The maximum absolute atomic E-state index is 12.3. The highest BCUT2D eigenvalue weighted by atomic mass is 35.5. The van der Waals surface area contributed by atoms with Gasteiger partial charge >= 0.3 is 0 Å². The van der Waals surface area contributed by atoms with E-state index in [2.05, 4.69) is 21.8 Å². The van der Waals surface area contributed by atoms with Crippen molar-refractivity contribution in [3.63, 3.8) is 0 Å². The third-order valence-corrected chi connectivity index (χ3v) is 4.72. The maximum atomic E-state index is 12.3. The molecule has 4 rings (SSSR count). The van der Waals surface area contributed by atoms with Crippen molar-refractivity contribution in [1.82, 2.24) is 15.1 Å². The number of anilines is 2. The summed E-state index contributed by atoms with van der Waals surface area (Å²) in [7, 11) is 3.70. The van der Waals surface area contributed by atoms with E-state index in [-0.39, 0.29) is 5.91 Å². The molecule has 2 aliphatic rings. The van der Waals surface area contributed by atoms with Crippen LogP contribution in [0.25, 0.3) is 5.69 Å². The van der Waals surface area contributed by atoms with E-state index in [1.54, 1.807) is 11.7 Å². The second-order valence-corrected chi connectivity index (χ2v) is 6.43. The van der Waals surface area contributed by atoms with Crippen molar-refractivity contribution in [3.05, 3.63) is 34.3 Å². The summed E-state index contributed by atoms with van der Waals surface area (Å²) in [5.74, 6) is 1.74. The summed E-state index contributed by atoms with van der Waals surface area (Å²) in [4.78, 5) is 14.2. The van der Waals surface area contributed by atoms with Gasteiger partial charge in [0.1, 0.15) is 11.4 Å². The van der Waals surface area contributed by atoms with Crippen LogP contribution in [0.4, 0.5) is 11.6 Å². The Bertz CT molecular complexity index is 796. The van der Waals surface area contributed by atoms with Gasteiger partial charge in [-0.2, -0.15) is 0 Å². The highest BCUT2D eigenvalue weighted by Crippen LogP contribution is 2.45. The Labute approximate surface area is 139 Å². The van der Waals surface area contributed by atoms with Gasteiger partial charge in [0.2, 0.25) is 0 Å². The van der Waals surface area contributed by atoms with Crippen LogP contribution in [-0.4, -0.2) is 36.5 Å². The molecule has 7 heteroatoms. The molecule has 1 aliphatic carbocycles. The molecule has 1 fully saturated rings. The number of benzene rings is 1. The number of carbonyl (C=O) groups is 1. The quantitative estimate of drug-likeness (QED) is 0.907. The number of halogens is 1. The summed E-state index contributed by atoms with van der Waals surface area (Å²) >= 11 is 6.50. The molecule has 0 atom stereocenters. The SMILES string of the molecule is CNc1c2c(nn1-c1c(Cl)cccc1C1CC1)N(C)CNC2=O. The zero-order valence-corrected chi connectivity index (χ0v) is 13.8. The number of hydrogen-bond acceptors (Lipinski definition) is 4. The third-order valence-electron chi connectivity index (χ3n) is 4.42. The predicted molar refractivity (Wildman–Crippen MR) is 90.8 cm³/mol. The second-order valence-electron chi connectivity index (χ2n) is 6.02. The van der Waals surface area contributed by atoms with Crippen molar-refractivity contribution < 1.29 is 4.79 Å².